The molecule has 0 saturated heterocycles. The van der Waals surface area contributed by atoms with Gasteiger partial charge in [0.2, 0.25) is 0 Å². The molecule has 0 amide bonds. The van der Waals surface area contributed by atoms with Gasteiger partial charge in [0.15, 0.2) is 0 Å². The van der Waals surface area contributed by atoms with E-state index in [0.29, 0.717) is 11.4 Å². The molecule has 102 valence electrons. The Morgan fingerprint density at radius 3 is 2.44 bits per heavy atom. The summed E-state index contributed by atoms with van der Waals surface area (Å²) in [5, 5.41) is 0. The third-order valence-corrected chi connectivity index (χ3v) is 3.05. The first-order valence-corrected chi connectivity index (χ1v) is 5.81. The van der Waals surface area contributed by atoms with Crippen LogP contribution in [0.3, 0.4) is 0 Å². The van der Waals surface area contributed by atoms with Crippen LogP contribution in [0.25, 0.3) is 0 Å². The van der Waals surface area contributed by atoms with E-state index in [0.717, 1.165) is 12.5 Å². The van der Waals surface area contributed by atoms with Gasteiger partial charge in [-0.1, -0.05) is 13.0 Å². The van der Waals surface area contributed by atoms with Gasteiger partial charge in [0.1, 0.15) is 11.5 Å². The van der Waals surface area contributed by atoms with Gasteiger partial charge in [-0.05, 0) is 19.4 Å². The number of halogens is 3. The highest BCUT2D eigenvalue weighted by molar-refractivity contribution is 5.48. The van der Waals surface area contributed by atoms with E-state index >= 15 is 0 Å². The summed E-state index contributed by atoms with van der Waals surface area (Å²) in [4.78, 5) is 5.44. The maximum Gasteiger partial charge on any atom is 0.433 e. The summed E-state index contributed by atoms with van der Waals surface area (Å²) >= 11 is 0. The lowest BCUT2D eigenvalue weighted by atomic mass is 10.1. The van der Waals surface area contributed by atoms with Gasteiger partial charge in [-0.3, -0.25) is 0 Å². The maximum atomic E-state index is 12.6. The number of pyridine rings is 1. The molecule has 0 spiro atoms. The monoisotopic (exact) mass is 261 g/mol. The van der Waals surface area contributed by atoms with Crippen molar-refractivity contribution in [2.75, 3.05) is 11.9 Å². The van der Waals surface area contributed by atoms with Crippen LogP contribution in [0.1, 0.15) is 31.5 Å². The second kappa shape index (κ2) is 5.56. The van der Waals surface area contributed by atoms with Gasteiger partial charge in [0.25, 0.3) is 0 Å². The van der Waals surface area contributed by atoms with Crippen molar-refractivity contribution in [1.82, 2.24) is 4.98 Å². The maximum absolute atomic E-state index is 12.6. The van der Waals surface area contributed by atoms with Gasteiger partial charge < -0.3 is 10.6 Å². The van der Waals surface area contributed by atoms with Crippen molar-refractivity contribution in [3.63, 3.8) is 0 Å². The molecule has 0 aliphatic rings. The molecular formula is C12H18F3N3. The van der Waals surface area contributed by atoms with Gasteiger partial charge in [-0.2, -0.15) is 13.2 Å². The smallest absolute Gasteiger partial charge is 0.357 e. The topological polar surface area (TPSA) is 42.2 Å². The Kier molecular flexibility index (Phi) is 4.56. The van der Waals surface area contributed by atoms with Gasteiger partial charge in [-0.25, -0.2) is 4.98 Å². The summed E-state index contributed by atoms with van der Waals surface area (Å²) in [5.74, 6) is 0.307. The zero-order valence-electron chi connectivity index (χ0n) is 10.8. The molecule has 0 radical (unpaired) electrons. The van der Waals surface area contributed by atoms with E-state index in [1.54, 1.807) is 11.9 Å². The standard InChI is InChI=1S/C12H18F3N3/c1-4-8(2)18(3)11-9(7-16)5-6-10(17-11)12(13,14)15/h5-6,8H,4,7,16H2,1-3H3. The first-order valence-electron chi connectivity index (χ1n) is 5.81. The summed E-state index contributed by atoms with van der Waals surface area (Å²) in [6.45, 7) is 4.07. The van der Waals surface area contributed by atoms with Crippen LogP contribution in [-0.2, 0) is 12.7 Å². The minimum atomic E-state index is -4.43. The zero-order valence-corrected chi connectivity index (χ0v) is 10.8. The Labute approximate surface area is 105 Å². The molecule has 6 heteroatoms. The summed E-state index contributed by atoms with van der Waals surface area (Å²) in [6, 6.07) is 2.46. The highest BCUT2D eigenvalue weighted by Gasteiger charge is 2.33. The lowest BCUT2D eigenvalue weighted by Crippen LogP contribution is -2.31. The molecule has 0 aliphatic heterocycles. The molecule has 0 aromatic carbocycles. The first-order chi connectivity index (χ1) is 8.31. The molecule has 0 fully saturated rings. The molecule has 0 aliphatic carbocycles. The van der Waals surface area contributed by atoms with Gasteiger partial charge in [0, 0.05) is 25.2 Å². The Bertz CT molecular complexity index is 404. The Morgan fingerprint density at radius 1 is 1.39 bits per heavy atom. The van der Waals surface area contributed by atoms with Crippen molar-refractivity contribution in [3.05, 3.63) is 23.4 Å². The molecule has 1 heterocycles. The van der Waals surface area contributed by atoms with E-state index in [4.69, 9.17) is 5.73 Å². The highest BCUT2D eigenvalue weighted by Crippen LogP contribution is 2.30. The van der Waals surface area contributed by atoms with Crippen LogP contribution < -0.4 is 10.6 Å². The van der Waals surface area contributed by atoms with Crippen LogP contribution >= 0.6 is 0 Å². The van der Waals surface area contributed by atoms with Crippen molar-refractivity contribution in [1.29, 1.82) is 0 Å². The Balaban J connectivity index is 3.22. The second-order valence-corrected chi connectivity index (χ2v) is 4.25. The fourth-order valence-corrected chi connectivity index (χ4v) is 1.58. The quantitative estimate of drug-likeness (QED) is 0.906. The summed E-state index contributed by atoms with van der Waals surface area (Å²) in [5.41, 5.74) is 5.27. The lowest BCUT2D eigenvalue weighted by Gasteiger charge is -2.27. The van der Waals surface area contributed by atoms with Crippen molar-refractivity contribution >= 4 is 5.82 Å². The number of nitrogens with zero attached hydrogens (tertiary/aromatic N) is 2. The molecule has 1 aromatic rings. The minimum Gasteiger partial charge on any atom is -0.357 e. The number of alkyl halides is 3. The molecule has 1 unspecified atom stereocenters. The van der Waals surface area contributed by atoms with E-state index in [-0.39, 0.29) is 12.6 Å². The fourth-order valence-electron chi connectivity index (χ4n) is 1.58. The molecule has 0 bridgehead atoms. The van der Waals surface area contributed by atoms with Crippen LogP contribution in [0.5, 0.6) is 0 Å². The van der Waals surface area contributed by atoms with E-state index in [9.17, 15) is 13.2 Å². The Hall–Kier alpha value is -1.30. The van der Waals surface area contributed by atoms with Crippen LogP contribution in [0.4, 0.5) is 19.0 Å². The number of hydrogen-bond donors (Lipinski definition) is 1. The number of aromatic nitrogens is 1. The molecule has 3 nitrogen and oxygen atoms in total. The predicted octanol–water partition coefficient (Wildman–Crippen LogP) is 2.79. The predicted molar refractivity (Wildman–Crippen MR) is 65.3 cm³/mol. The lowest BCUT2D eigenvalue weighted by molar-refractivity contribution is -0.141. The molecular weight excluding hydrogens is 243 g/mol. The number of anilines is 1. The van der Waals surface area contributed by atoms with Gasteiger partial charge in [0.05, 0.1) is 0 Å². The number of hydrogen-bond acceptors (Lipinski definition) is 3. The summed E-state index contributed by atoms with van der Waals surface area (Å²) < 4.78 is 37.9. The molecule has 18 heavy (non-hydrogen) atoms. The van der Waals surface area contributed by atoms with Crippen molar-refractivity contribution in [2.24, 2.45) is 5.73 Å². The second-order valence-electron chi connectivity index (χ2n) is 4.25. The van der Waals surface area contributed by atoms with E-state index in [1.807, 2.05) is 13.8 Å². The number of rotatable bonds is 4. The molecule has 1 atom stereocenters. The fraction of sp³-hybridized carbons (Fsp3) is 0.583. The van der Waals surface area contributed by atoms with Crippen LogP contribution in [-0.4, -0.2) is 18.1 Å². The van der Waals surface area contributed by atoms with E-state index < -0.39 is 11.9 Å². The number of nitrogens with two attached hydrogens (primary N) is 1. The molecule has 2 N–H and O–H groups in total. The van der Waals surface area contributed by atoms with E-state index in [2.05, 4.69) is 4.98 Å². The minimum absolute atomic E-state index is 0.103. The van der Waals surface area contributed by atoms with Gasteiger partial charge in [-0.15, -0.1) is 0 Å². The largest absolute Gasteiger partial charge is 0.433 e. The summed E-state index contributed by atoms with van der Waals surface area (Å²) in [6.07, 6.45) is -3.61. The van der Waals surface area contributed by atoms with Crippen LogP contribution in [0.15, 0.2) is 12.1 Å². The van der Waals surface area contributed by atoms with Crippen molar-refractivity contribution in [2.45, 2.75) is 39.0 Å². The van der Waals surface area contributed by atoms with E-state index in [1.165, 1.54) is 6.07 Å². The summed E-state index contributed by atoms with van der Waals surface area (Å²) in [7, 11) is 1.73. The normalized spacial score (nSPS) is 13.5. The van der Waals surface area contributed by atoms with Crippen molar-refractivity contribution in [3.8, 4) is 0 Å². The average molecular weight is 261 g/mol. The average Bonchev–Trinajstić information content (AvgIpc) is 2.35. The van der Waals surface area contributed by atoms with Gasteiger partial charge >= 0.3 is 6.18 Å². The third kappa shape index (κ3) is 3.13. The van der Waals surface area contributed by atoms with Crippen molar-refractivity contribution < 1.29 is 13.2 Å². The molecule has 1 rings (SSSR count). The van der Waals surface area contributed by atoms with Crippen LogP contribution in [0.2, 0.25) is 0 Å². The first kappa shape index (κ1) is 14.8. The Morgan fingerprint density at radius 2 is 2.00 bits per heavy atom. The highest BCUT2D eigenvalue weighted by atomic mass is 19.4. The molecule has 0 saturated carbocycles. The van der Waals surface area contributed by atoms with Crippen LogP contribution in [0, 0.1) is 0 Å². The zero-order chi connectivity index (χ0) is 13.9. The molecule has 1 aromatic heterocycles. The SMILES string of the molecule is CCC(C)N(C)c1nc(C(F)(F)F)ccc1CN. The third-order valence-electron chi connectivity index (χ3n) is 3.05.